The fourth-order valence-corrected chi connectivity index (χ4v) is 4.71. The van der Waals surface area contributed by atoms with Gasteiger partial charge in [-0.1, -0.05) is 6.92 Å². The highest BCUT2D eigenvalue weighted by Gasteiger charge is 2.31. The number of piperidine rings is 1. The highest BCUT2D eigenvalue weighted by molar-refractivity contribution is 5.98. The lowest BCUT2D eigenvalue weighted by atomic mass is 9.96. The van der Waals surface area contributed by atoms with Gasteiger partial charge in [-0.15, -0.1) is 0 Å². The van der Waals surface area contributed by atoms with E-state index in [-0.39, 0.29) is 24.3 Å². The number of benzene rings is 1. The molecule has 0 bridgehead atoms. The van der Waals surface area contributed by atoms with Crippen LogP contribution in [0.3, 0.4) is 0 Å². The Labute approximate surface area is 193 Å². The topological polar surface area (TPSA) is 89.3 Å². The summed E-state index contributed by atoms with van der Waals surface area (Å²) in [5.41, 5.74) is 1.24. The summed E-state index contributed by atoms with van der Waals surface area (Å²) < 4.78 is 16.5. The van der Waals surface area contributed by atoms with Crippen molar-refractivity contribution in [2.45, 2.75) is 46.0 Å². The number of carbonyl (C=O) groups is 2. The molecule has 8 heteroatoms. The van der Waals surface area contributed by atoms with Crippen LogP contribution in [0.4, 0.5) is 5.69 Å². The predicted octanol–water partition coefficient (Wildman–Crippen LogP) is 3.14. The maximum absolute atomic E-state index is 13.2. The summed E-state index contributed by atoms with van der Waals surface area (Å²) in [6.45, 7) is 6.86. The van der Waals surface area contributed by atoms with Crippen LogP contribution in [0.15, 0.2) is 27.4 Å². The number of esters is 1. The lowest BCUT2D eigenvalue weighted by Crippen LogP contribution is -2.47. The largest absolute Gasteiger partial charge is 0.494 e. The third-order valence-electron chi connectivity index (χ3n) is 6.38. The van der Waals surface area contributed by atoms with Crippen molar-refractivity contribution < 1.29 is 23.5 Å². The summed E-state index contributed by atoms with van der Waals surface area (Å²) in [7, 11) is 0. The Morgan fingerprint density at radius 1 is 1.15 bits per heavy atom. The normalized spacial score (nSPS) is 17.1. The van der Waals surface area contributed by atoms with E-state index in [4.69, 9.17) is 13.9 Å². The zero-order valence-electron chi connectivity index (χ0n) is 19.4. The van der Waals surface area contributed by atoms with Crippen molar-refractivity contribution in [3.05, 3.63) is 34.2 Å². The van der Waals surface area contributed by atoms with Gasteiger partial charge in [-0.3, -0.25) is 14.5 Å². The van der Waals surface area contributed by atoms with Gasteiger partial charge in [0.25, 0.3) is 0 Å². The van der Waals surface area contributed by atoms with Crippen LogP contribution in [0.5, 0.6) is 5.75 Å². The Balaban J connectivity index is 1.51. The standard InChI is InChI=1S/C25H32N2O6/c1-3-14-32-18-7-8-21-20(15-18)19-6-5-11-27(23(19)25(30)33-21)22(28)16-26-12-9-17(10-13-26)24(29)31-4-2/h7-8,15,17H,3-6,9-14,16H2,1-2H3. The molecule has 0 aliphatic carbocycles. The molecule has 3 heterocycles. The molecule has 178 valence electrons. The molecule has 0 saturated carbocycles. The molecule has 0 radical (unpaired) electrons. The van der Waals surface area contributed by atoms with Crippen LogP contribution >= 0.6 is 0 Å². The second-order valence-electron chi connectivity index (χ2n) is 8.67. The third-order valence-corrected chi connectivity index (χ3v) is 6.38. The monoisotopic (exact) mass is 456 g/mol. The van der Waals surface area contributed by atoms with Crippen LogP contribution in [0.25, 0.3) is 11.0 Å². The number of nitrogens with zero attached hydrogens (tertiary/aromatic N) is 2. The maximum Gasteiger partial charge on any atom is 0.360 e. The number of likely N-dealkylation sites (tertiary alicyclic amines) is 1. The Hall–Kier alpha value is -2.87. The summed E-state index contributed by atoms with van der Waals surface area (Å²) in [5.74, 6) is 0.360. The molecule has 8 nitrogen and oxygen atoms in total. The average Bonchev–Trinajstić information content (AvgIpc) is 2.83. The van der Waals surface area contributed by atoms with E-state index in [1.807, 2.05) is 17.9 Å². The minimum Gasteiger partial charge on any atom is -0.494 e. The molecule has 0 atom stereocenters. The molecule has 0 unspecified atom stereocenters. The van der Waals surface area contributed by atoms with Crippen LogP contribution in [0.1, 0.15) is 45.1 Å². The first-order chi connectivity index (χ1) is 16.0. The number of ether oxygens (including phenoxy) is 2. The smallest absolute Gasteiger partial charge is 0.360 e. The Morgan fingerprint density at radius 3 is 2.67 bits per heavy atom. The van der Waals surface area contributed by atoms with Gasteiger partial charge < -0.3 is 18.8 Å². The molecule has 1 fully saturated rings. The third kappa shape index (κ3) is 5.05. The van der Waals surface area contributed by atoms with E-state index in [9.17, 15) is 14.4 Å². The zero-order valence-corrected chi connectivity index (χ0v) is 19.4. The number of fused-ring (bicyclic) bond motifs is 3. The summed E-state index contributed by atoms with van der Waals surface area (Å²) in [6, 6.07) is 5.47. The Bertz CT molecular complexity index is 1070. The van der Waals surface area contributed by atoms with E-state index < -0.39 is 5.63 Å². The zero-order chi connectivity index (χ0) is 23.4. The van der Waals surface area contributed by atoms with E-state index in [1.54, 1.807) is 24.0 Å². The number of carbonyl (C=O) groups excluding carboxylic acids is 2. The quantitative estimate of drug-likeness (QED) is 0.467. The first-order valence-corrected chi connectivity index (χ1v) is 11.9. The van der Waals surface area contributed by atoms with Gasteiger partial charge in [-0.25, -0.2) is 4.79 Å². The van der Waals surface area contributed by atoms with Crippen LogP contribution < -0.4 is 15.3 Å². The fourth-order valence-electron chi connectivity index (χ4n) is 4.71. The number of anilines is 1. The van der Waals surface area contributed by atoms with Crippen molar-refractivity contribution in [3.8, 4) is 5.75 Å². The van der Waals surface area contributed by atoms with Crippen molar-refractivity contribution in [1.82, 2.24) is 4.90 Å². The van der Waals surface area contributed by atoms with Crippen LogP contribution in [-0.2, 0) is 20.7 Å². The number of rotatable bonds is 7. The van der Waals surface area contributed by atoms with Gasteiger partial charge in [0.15, 0.2) is 0 Å². The van der Waals surface area contributed by atoms with Crippen molar-refractivity contribution >= 4 is 28.5 Å². The Kier molecular flexibility index (Phi) is 7.33. The van der Waals surface area contributed by atoms with Crippen molar-refractivity contribution in [1.29, 1.82) is 0 Å². The number of hydrogen-bond acceptors (Lipinski definition) is 7. The van der Waals surface area contributed by atoms with Gasteiger partial charge in [0.05, 0.1) is 25.7 Å². The summed E-state index contributed by atoms with van der Waals surface area (Å²) >= 11 is 0. The van der Waals surface area contributed by atoms with Gasteiger partial charge in [-0.2, -0.15) is 0 Å². The van der Waals surface area contributed by atoms with Gasteiger partial charge in [0.1, 0.15) is 17.0 Å². The van der Waals surface area contributed by atoms with Crippen LogP contribution in [0, 0.1) is 5.92 Å². The molecule has 33 heavy (non-hydrogen) atoms. The van der Waals surface area contributed by atoms with E-state index in [1.165, 1.54) is 0 Å². The average molecular weight is 457 g/mol. The van der Waals surface area contributed by atoms with Crippen molar-refractivity contribution in [2.75, 3.05) is 44.3 Å². The summed E-state index contributed by atoms with van der Waals surface area (Å²) in [4.78, 5) is 41.7. The summed E-state index contributed by atoms with van der Waals surface area (Å²) in [5, 5.41) is 0.825. The van der Waals surface area contributed by atoms with Crippen LogP contribution in [-0.4, -0.2) is 56.2 Å². The molecule has 1 aromatic carbocycles. The first-order valence-electron chi connectivity index (χ1n) is 11.9. The van der Waals surface area contributed by atoms with Gasteiger partial charge >= 0.3 is 11.6 Å². The molecule has 1 aromatic heterocycles. The number of hydrogen-bond donors (Lipinski definition) is 0. The minimum atomic E-state index is -0.478. The van der Waals surface area contributed by atoms with Crippen molar-refractivity contribution in [3.63, 3.8) is 0 Å². The molecule has 4 rings (SSSR count). The van der Waals surface area contributed by atoms with Gasteiger partial charge in [0.2, 0.25) is 5.91 Å². The van der Waals surface area contributed by atoms with Gasteiger partial charge in [-0.05, 0) is 75.9 Å². The molecule has 0 spiro atoms. The fraction of sp³-hybridized carbons (Fsp3) is 0.560. The molecule has 0 N–H and O–H groups in total. The second kappa shape index (κ2) is 10.4. The number of amides is 1. The van der Waals surface area contributed by atoms with E-state index in [2.05, 4.69) is 0 Å². The van der Waals surface area contributed by atoms with E-state index in [0.717, 1.165) is 29.5 Å². The summed E-state index contributed by atoms with van der Waals surface area (Å²) in [6.07, 6.45) is 3.75. The lowest BCUT2D eigenvalue weighted by Gasteiger charge is -2.33. The van der Waals surface area contributed by atoms with Gasteiger partial charge in [0, 0.05) is 11.9 Å². The minimum absolute atomic E-state index is 0.102. The number of aryl methyl sites for hydroxylation is 1. The molecular weight excluding hydrogens is 424 g/mol. The van der Waals surface area contributed by atoms with E-state index >= 15 is 0 Å². The predicted molar refractivity (Wildman–Crippen MR) is 125 cm³/mol. The first kappa shape index (κ1) is 23.3. The SMILES string of the molecule is CCCOc1ccc2oc(=O)c3c(c2c1)CCCN3C(=O)CN1CCC(C(=O)OCC)CC1. The van der Waals surface area contributed by atoms with Crippen molar-refractivity contribution in [2.24, 2.45) is 5.92 Å². The van der Waals surface area contributed by atoms with E-state index in [0.29, 0.717) is 63.4 Å². The molecule has 2 aromatic rings. The highest BCUT2D eigenvalue weighted by Crippen LogP contribution is 2.33. The maximum atomic E-state index is 13.2. The lowest BCUT2D eigenvalue weighted by molar-refractivity contribution is -0.149. The molecule has 1 amide bonds. The second-order valence-corrected chi connectivity index (χ2v) is 8.67. The Morgan fingerprint density at radius 2 is 1.94 bits per heavy atom. The molecular formula is C25H32N2O6. The molecule has 2 aliphatic heterocycles. The molecule has 1 saturated heterocycles. The van der Waals surface area contributed by atoms with Crippen LogP contribution in [0.2, 0.25) is 0 Å². The highest BCUT2D eigenvalue weighted by atomic mass is 16.5. The molecule has 2 aliphatic rings.